The molecule has 0 amide bonds. The molecule has 0 N–H and O–H groups in total. The maximum Gasteiger partial charge on any atom is 0.213 e. The average molecular weight is 413 g/mol. The van der Waals surface area contributed by atoms with Crippen LogP contribution in [-0.2, 0) is 5.41 Å². The quantitative estimate of drug-likeness (QED) is 0.590. The van der Waals surface area contributed by atoms with Gasteiger partial charge in [0.05, 0.1) is 11.5 Å². The highest BCUT2D eigenvalue weighted by atomic mass is 32.1. The minimum Gasteiger partial charge on any atom is -0.476 e. The average Bonchev–Trinajstić information content (AvgIpc) is 3.28. The molecule has 3 heterocycles. The van der Waals surface area contributed by atoms with Crippen molar-refractivity contribution in [3.63, 3.8) is 0 Å². The number of piperazine rings is 1. The molecule has 3 rings (SSSR count). The molecule has 1 aliphatic heterocycles. The van der Waals surface area contributed by atoms with Crippen molar-refractivity contribution < 1.29 is 4.74 Å². The minimum atomic E-state index is -0.348. The number of hydrogen-bond donors (Lipinski definition) is 0. The normalized spacial score (nSPS) is 17.7. The number of hydrogen-bond acceptors (Lipinski definition) is 6. The number of nitriles is 1. The van der Waals surface area contributed by atoms with E-state index in [0.717, 1.165) is 52.1 Å². The molecule has 0 spiro atoms. The van der Waals surface area contributed by atoms with E-state index in [1.165, 1.54) is 4.88 Å². The lowest BCUT2D eigenvalue weighted by Crippen LogP contribution is -2.47. The first-order valence-corrected chi connectivity index (χ1v) is 11.5. The van der Waals surface area contributed by atoms with Gasteiger partial charge in [0.2, 0.25) is 5.88 Å². The lowest BCUT2D eigenvalue weighted by atomic mass is 9.73. The Labute approximate surface area is 178 Å². The number of rotatable bonds is 10. The third kappa shape index (κ3) is 5.79. The van der Waals surface area contributed by atoms with Gasteiger partial charge in [-0.2, -0.15) is 5.26 Å². The molecule has 0 aliphatic carbocycles. The second-order valence-corrected chi connectivity index (χ2v) is 8.97. The third-order valence-corrected chi connectivity index (χ3v) is 7.00. The van der Waals surface area contributed by atoms with Gasteiger partial charge in [0.25, 0.3) is 0 Å². The molecular weight excluding hydrogens is 380 g/mol. The van der Waals surface area contributed by atoms with Crippen LogP contribution in [0, 0.1) is 17.2 Å². The van der Waals surface area contributed by atoms with Gasteiger partial charge < -0.3 is 9.64 Å². The van der Waals surface area contributed by atoms with Crippen molar-refractivity contribution in [2.24, 2.45) is 5.92 Å². The molecule has 2 aromatic rings. The maximum absolute atomic E-state index is 9.98. The molecule has 0 saturated carbocycles. The summed E-state index contributed by atoms with van der Waals surface area (Å²) < 4.78 is 5.71. The van der Waals surface area contributed by atoms with Crippen molar-refractivity contribution in [1.82, 2.24) is 14.8 Å². The fourth-order valence-corrected chi connectivity index (χ4v) is 5.05. The van der Waals surface area contributed by atoms with E-state index in [9.17, 15) is 5.26 Å². The smallest absolute Gasteiger partial charge is 0.213 e. The van der Waals surface area contributed by atoms with Gasteiger partial charge in [0.1, 0.15) is 6.61 Å². The summed E-state index contributed by atoms with van der Waals surface area (Å²) in [5.41, 5.74) is -0.348. The van der Waals surface area contributed by atoms with Crippen LogP contribution in [0.1, 0.15) is 31.6 Å². The van der Waals surface area contributed by atoms with E-state index in [1.807, 2.05) is 18.2 Å². The van der Waals surface area contributed by atoms with E-state index in [4.69, 9.17) is 4.74 Å². The molecule has 5 nitrogen and oxygen atoms in total. The lowest BCUT2D eigenvalue weighted by molar-refractivity contribution is 0.113. The monoisotopic (exact) mass is 412 g/mol. The van der Waals surface area contributed by atoms with Crippen molar-refractivity contribution in [2.75, 3.05) is 45.9 Å². The molecule has 0 bridgehead atoms. The van der Waals surface area contributed by atoms with Crippen molar-refractivity contribution >= 4 is 11.3 Å². The van der Waals surface area contributed by atoms with E-state index in [-0.39, 0.29) is 5.41 Å². The Morgan fingerprint density at radius 1 is 1.14 bits per heavy atom. The maximum atomic E-state index is 9.98. The highest BCUT2D eigenvalue weighted by Crippen LogP contribution is 2.39. The Kier molecular flexibility index (Phi) is 8.05. The van der Waals surface area contributed by atoms with Crippen molar-refractivity contribution in [2.45, 2.75) is 32.1 Å². The van der Waals surface area contributed by atoms with E-state index in [1.54, 1.807) is 17.5 Å². The summed E-state index contributed by atoms with van der Waals surface area (Å²) in [6.45, 7) is 11.4. The Bertz CT molecular complexity index is 751. The van der Waals surface area contributed by atoms with Crippen LogP contribution in [0.25, 0.3) is 0 Å². The van der Waals surface area contributed by atoms with E-state index >= 15 is 0 Å². The zero-order chi connectivity index (χ0) is 20.5. The summed E-state index contributed by atoms with van der Waals surface area (Å²) in [7, 11) is 0. The van der Waals surface area contributed by atoms with Gasteiger partial charge in [0.15, 0.2) is 0 Å². The molecule has 1 saturated heterocycles. The highest BCUT2D eigenvalue weighted by molar-refractivity contribution is 7.10. The molecule has 2 aromatic heterocycles. The fraction of sp³-hybridized carbons (Fsp3) is 0.565. The van der Waals surface area contributed by atoms with Gasteiger partial charge in [-0.3, -0.25) is 4.90 Å². The molecule has 1 unspecified atom stereocenters. The van der Waals surface area contributed by atoms with Gasteiger partial charge in [0, 0.05) is 49.9 Å². The summed E-state index contributed by atoms with van der Waals surface area (Å²) >= 11 is 1.72. The van der Waals surface area contributed by atoms with Crippen LogP contribution in [0.5, 0.6) is 5.88 Å². The van der Waals surface area contributed by atoms with Gasteiger partial charge in [-0.05, 0) is 42.8 Å². The molecule has 6 heteroatoms. The summed E-state index contributed by atoms with van der Waals surface area (Å²) in [5, 5.41) is 12.1. The Morgan fingerprint density at radius 3 is 2.48 bits per heavy atom. The van der Waals surface area contributed by atoms with Crippen molar-refractivity contribution in [1.29, 1.82) is 5.26 Å². The van der Waals surface area contributed by atoms with Crippen LogP contribution >= 0.6 is 11.3 Å². The molecule has 1 fully saturated rings. The van der Waals surface area contributed by atoms with Gasteiger partial charge in [-0.25, -0.2) is 4.98 Å². The van der Waals surface area contributed by atoms with Crippen molar-refractivity contribution in [3.05, 3.63) is 46.8 Å². The van der Waals surface area contributed by atoms with Gasteiger partial charge in [-0.15, -0.1) is 11.3 Å². The third-order valence-electron chi connectivity index (χ3n) is 5.95. The van der Waals surface area contributed by atoms with E-state index in [0.29, 0.717) is 18.4 Å². The fourth-order valence-electron chi connectivity index (χ4n) is 4.00. The Hall–Kier alpha value is -1.94. The first-order valence-electron chi connectivity index (χ1n) is 10.6. The van der Waals surface area contributed by atoms with Crippen LogP contribution in [0.2, 0.25) is 0 Å². The predicted octanol–water partition coefficient (Wildman–Crippen LogP) is 4.04. The molecule has 1 atom stereocenters. The number of thiophene rings is 1. The van der Waals surface area contributed by atoms with Crippen LogP contribution in [0.4, 0.5) is 0 Å². The van der Waals surface area contributed by atoms with Crippen molar-refractivity contribution in [3.8, 4) is 11.9 Å². The van der Waals surface area contributed by atoms with Crippen LogP contribution in [0.15, 0.2) is 41.9 Å². The molecule has 1 aliphatic rings. The Morgan fingerprint density at radius 2 is 1.90 bits per heavy atom. The van der Waals surface area contributed by atoms with E-state index < -0.39 is 0 Å². The molecule has 0 aromatic carbocycles. The number of aromatic nitrogens is 1. The lowest BCUT2D eigenvalue weighted by Gasteiger charge is -2.35. The van der Waals surface area contributed by atoms with Crippen LogP contribution < -0.4 is 4.74 Å². The van der Waals surface area contributed by atoms with Gasteiger partial charge >= 0.3 is 0 Å². The Balaban J connectivity index is 1.38. The summed E-state index contributed by atoms with van der Waals surface area (Å²) in [6.07, 6.45) is 3.75. The number of nitrogens with zero attached hydrogens (tertiary/aromatic N) is 4. The summed E-state index contributed by atoms with van der Waals surface area (Å²) in [4.78, 5) is 10.4. The number of ether oxygens (including phenoxy) is 1. The molecule has 29 heavy (non-hydrogen) atoms. The largest absolute Gasteiger partial charge is 0.476 e. The molecule has 156 valence electrons. The summed E-state index contributed by atoms with van der Waals surface area (Å²) in [6, 6.07) is 12.6. The molecule has 0 radical (unpaired) electrons. The second kappa shape index (κ2) is 10.7. The second-order valence-electron chi connectivity index (χ2n) is 8.02. The standard InChI is InChI=1S/C23H32N4OS/c1-20(2)23(19-24,21-7-5-18-29-21)9-6-11-26-12-14-27(15-13-26)16-17-28-22-8-3-4-10-25-22/h3-5,7-8,10,18,20H,6,9,11-17H2,1-2H3. The number of pyridine rings is 1. The van der Waals surface area contributed by atoms with Crippen LogP contribution in [0.3, 0.4) is 0 Å². The summed E-state index contributed by atoms with van der Waals surface area (Å²) in [5.74, 6) is 1.02. The minimum absolute atomic E-state index is 0.321. The van der Waals surface area contributed by atoms with Gasteiger partial charge in [-0.1, -0.05) is 26.0 Å². The highest BCUT2D eigenvalue weighted by Gasteiger charge is 2.36. The molecular formula is C23H32N4OS. The van der Waals surface area contributed by atoms with Crippen LogP contribution in [-0.4, -0.2) is 60.7 Å². The van der Waals surface area contributed by atoms with E-state index in [2.05, 4.69) is 52.2 Å². The zero-order valence-electron chi connectivity index (χ0n) is 17.6. The topological polar surface area (TPSA) is 52.4 Å². The first kappa shape index (κ1) is 21.8. The SMILES string of the molecule is CC(C)C(C#N)(CCCN1CCN(CCOc2ccccn2)CC1)c1cccs1. The zero-order valence-corrected chi connectivity index (χ0v) is 18.4. The first-order chi connectivity index (χ1) is 14.1. The predicted molar refractivity (Wildman–Crippen MR) is 118 cm³/mol.